The lowest BCUT2D eigenvalue weighted by molar-refractivity contribution is 0.0744. The zero-order valence-corrected chi connectivity index (χ0v) is 16.4. The number of hydrogen-bond donors (Lipinski definition) is 1. The Morgan fingerprint density at radius 1 is 1.07 bits per heavy atom. The van der Waals surface area contributed by atoms with Gasteiger partial charge in [-0.1, -0.05) is 24.3 Å². The second-order valence-electron chi connectivity index (χ2n) is 7.27. The monoisotopic (exact) mass is 399 g/mol. The number of carbonyl (C=O) groups is 1. The molecule has 0 fully saturated rings. The standard InChI is InChI=1S/C24H21N3O3/c28-24(19-4-3-10-25-13-19)27(15-17-7-8-22-23(12-17)30-16-29-22)11-9-18-14-26-21-6-2-1-5-20(18)21/h1-8,10,12-14,26H,9,11,15-16H2. The van der Waals surface area contributed by atoms with Gasteiger partial charge in [0.1, 0.15) is 0 Å². The predicted octanol–water partition coefficient (Wildman–Crippen LogP) is 4.18. The highest BCUT2D eigenvalue weighted by molar-refractivity contribution is 5.94. The Labute approximate surface area is 174 Å². The number of fused-ring (bicyclic) bond motifs is 2. The molecule has 1 N–H and O–H groups in total. The number of ether oxygens (including phenoxy) is 2. The Bertz CT molecular complexity index is 1190. The Morgan fingerprint density at radius 3 is 2.87 bits per heavy atom. The molecule has 3 heterocycles. The average molecular weight is 399 g/mol. The van der Waals surface area contributed by atoms with Crippen molar-refractivity contribution in [3.05, 3.63) is 89.9 Å². The minimum Gasteiger partial charge on any atom is -0.454 e. The van der Waals surface area contributed by atoms with E-state index in [1.54, 1.807) is 24.5 Å². The molecule has 150 valence electrons. The lowest BCUT2D eigenvalue weighted by Gasteiger charge is -2.23. The Hall–Kier alpha value is -3.80. The SMILES string of the molecule is O=C(c1cccnc1)N(CCc1c[nH]c2ccccc12)Cc1ccc2c(c1)OCO2. The smallest absolute Gasteiger partial charge is 0.255 e. The molecule has 0 spiro atoms. The van der Waals surface area contributed by atoms with E-state index < -0.39 is 0 Å². The lowest BCUT2D eigenvalue weighted by Crippen LogP contribution is -2.32. The maximum atomic E-state index is 13.2. The fraction of sp³-hybridized carbons (Fsp3) is 0.167. The van der Waals surface area contributed by atoms with E-state index in [0.29, 0.717) is 18.7 Å². The van der Waals surface area contributed by atoms with E-state index in [1.807, 2.05) is 41.4 Å². The van der Waals surface area contributed by atoms with Crippen LogP contribution in [0.5, 0.6) is 11.5 Å². The quantitative estimate of drug-likeness (QED) is 0.528. The number of rotatable bonds is 6. The molecule has 5 rings (SSSR count). The minimum atomic E-state index is -0.0411. The number of aromatic nitrogens is 2. The maximum Gasteiger partial charge on any atom is 0.255 e. The number of benzene rings is 2. The van der Waals surface area contributed by atoms with Gasteiger partial charge in [0.05, 0.1) is 5.56 Å². The van der Waals surface area contributed by atoms with Crippen molar-refractivity contribution >= 4 is 16.8 Å². The number of para-hydroxylation sites is 1. The van der Waals surface area contributed by atoms with Gasteiger partial charge in [-0.05, 0) is 47.9 Å². The van der Waals surface area contributed by atoms with Crippen LogP contribution in [0.15, 0.2) is 73.2 Å². The maximum absolute atomic E-state index is 13.2. The molecule has 6 heteroatoms. The van der Waals surface area contributed by atoms with Crippen LogP contribution in [-0.2, 0) is 13.0 Å². The summed E-state index contributed by atoms with van der Waals surface area (Å²) in [5.41, 5.74) is 3.88. The molecular formula is C24H21N3O3. The topological polar surface area (TPSA) is 67.5 Å². The molecule has 2 aromatic heterocycles. The largest absolute Gasteiger partial charge is 0.454 e. The second kappa shape index (κ2) is 7.91. The van der Waals surface area contributed by atoms with E-state index in [4.69, 9.17) is 9.47 Å². The summed E-state index contributed by atoms with van der Waals surface area (Å²) in [5.74, 6) is 1.42. The van der Waals surface area contributed by atoms with Crippen LogP contribution in [0.3, 0.4) is 0 Å². The van der Waals surface area contributed by atoms with E-state index in [-0.39, 0.29) is 12.7 Å². The highest BCUT2D eigenvalue weighted by Crippen LogP contribution is 2.33. The van der Waals surface area contributed by atoms with Crippen molar-refractivity contribution < 1.29 is 14.3 Å². The fourth-order valence-corrected chi connectivity index (χ4v) is 3.78. The van der Waals surface area contributed by atoms with Crippen molar-refractivity contribution in [3.63, 3.8) is 0 Å². The van der Waals surface area contributed by atoms with Crippen LogP contribution >= 0.6 is 0 Å². The van der Waals surface area contributed by atoms with Gasteiger partial charge >= 0.3 is 0 Å². The van der Waals surface area contributed by atoms with E-state index >= 15 is 0 Å². The van der Waals surface area contributed by atoms with E-state index in [9.17, 15) is 4.79 Å². The molecule has 1 amide bonds. The summed E-state index contributed by atoms with van der Waals surface area (Å²) in [6.07, 6.45) is 6.06. The van der Waals surface area contributed by atoms with Gasteiger partial charge in [-0.25, -0.2) is 0 Å². The molecule has 0 aliphatic carbocycles. The minimum absolute atomic E-state index is 0.0411. The molecule has 0 atom stereocenters. The van der Waals surface area contributed by atoms with E-state index in [2.05, 4.69) is 22.1 Å². The van der Waals surface area contributed by atoms with Crippen molar-refractivity contribution in [2.24, 2.45) is 0 Å². The molecule has 6 nitrogen and oxygen atoms in total. The van der Waals surface area contributed by atoms with Crippen LogP contribution < -0.4 is 9.47 Å². The lowest BCUT2D eigenvalue weighted by atomic mass is 10.1. The summed E-state index contributed by atoms with van der Waals surface area (Å²) in [6, 6.07) is 17.6. The first-order valence-electron chi connectivity index (χ1n) is 9.91. The van der Waals surface area contributed by atoms with E-state index in [1.165, 1.54) is 10.9 Å². The van der Waals surface area contributed by atoms with Crippen molar-refractivity contribution in [1.82, 2.24) is 14.9 Å². The number of aromatic amines is 1. The summed E-state index contributed by atoms with van der Waals surface area (Å²) < 4.78 is 10.9. The summed E-state index contributed by atoms with van der Waals surface area (Å²) >= 11 is 0. The first-order chi connectivity index (χ1) is 14.8. The van der Waals surface area contributed by atoms with Crippen molar-refractivity contribution in [2.45, 2.75) is 13.0 Å². The Morgan fingerprint density at radius 2 is 1.97 bits per heavy atom. The first kappa shape index (κ1) is 18.2. The van der Waals surface area contributed by atoms with Crippen LogP contribution in [0.25, 0.3) is 10.9 Å². The van der Waals surface area contributed by atoms with Gasteiger partial charge in [-0.2, -0.15) is 0 Å². The van der Waals surface area contributed by atoms with Crippen LogP contribution in [0.4, 0.5) is 0 Å². The molecule has 0 saturated carbocycles. The molecule has 0 radical (unpaired) electrons. The number of nitrogens with zero attached hydrogens (tertiary/aromatic N) is 2. The number of carbonyl (C=O) groups excluding carboxylic acids is 1. The highest BCUT2D eigenvalue weighted by atomic mass is 16.7. The first-order valence-corrected chi connectivity index (χ1v) is 9.91. The third-order valence-corrected chi connectivity index (χ3v) is 5.33. The molecule has 1 aliphatic rings. The molecule has 0 bridgehead atoms. The average Bonchev–Trinajstić information content (AvgIpc) is 3.43. The van der Waals surface area contributed by atoms with Crippen LogP contribution in [0.1, 0.15) is 21.5 Å². The zero-order valence-electron chi connectivity index (χ0n) is 16.4. The van der Waals surface area contributed by atoms with Gasteiger partial charge < -0.3 is 19.4 Å². The number of amides is 1. The van der Waals surface area contributed by atoms with Gasteiger partial charge in [0.25, 0.3) is 5.91 Å². The summed E-state index contributed by atoms with van der Waals surface area (Å²) in [4.78, 5) is 22.5. The summed E-state index contributed by atoms with van der Waals surface area (Å²) in [5, 5.41) is 1.19. The Kier molecular flexibility index (Phi) is 4.81. The molecule has 30 heavy (non-hydrogen) atoms. The Balaban J connectivity index is 1.40. The van der Waals surface area contributed by atoms with Crippen LogP contribution in [-0.4, -0.2) is 34.1 Å². The predicted molar refractivity (Wildman–Crippen MR) is 114 cm³/mol. The molecular weight excluding hydrogens is 378 g/mol. The van der Waals surface area contributed by atoms with Gasteiger partial charge in [-0.3, -0.25) is 9.78 Å². The van der Waals surface area contributed by atoms with Crippen molar-refractivity contribution in [1.29, 1.82) is 0 Å². The van der Waals surface area contributed by atoms with Gasteiger partial charge in [0.15, 0.2) is 11.5 Å². The van der Waals surface area contributed by atoms with Gasteiger partial charge in [-0.15, -0.1) is 0 Å². The van der Waals surface area contributed by atoms with Gasteiger partial charge in [0.2, 0.25) is 6.79 Å². The van der Waals surface area contributed by atoms with E-state index in [0.717, 1.165) is 29.0 Å². The molecule has 0 unspecified atom stereocenters. The zero-order chi connectivity index (χ0) is 20.3. The number of H-pyrrole nitrogens is 1. The third-order valence-electron chi connectivity index (χ3n) is 5.33. The molecule has 0 saturated heterocycles. The van der Waals surface area contributed by atoms with Crippen LogP contribution in [0, 0.1) is 0 Å². The second-order valence-corrected chi connectivity index (χ2v) is 7.27. The molecule has 2 aromatic carbocycles. The van der Waals surface area contributed by atoms with Crippen LogP contribution in [0.2, 0.25) is 0 Å². The highest BCUT2D eigenvalue weighted by Gasteiger charge is 2.19. The normalized spacial score (nSPS) is 12.3. The number of hydrogen-bond acceptors (Lipinski definition) is 4. The number of nitrogens with one attached hydrogen (secondary N) is 1. The molecule has 4 aromatic rings. The molecule has 1 aliphatic heterocycles. The summed E-state index contributed by atoms with van der Waals surface area (Å²) in [7, 11) is 0. The van der Waals surface area contributed by atoms with Crippen molar-refractivity contribution in [3.8, 4) is 11.5 Å². The number of pyridine rings is 1. The van der Waals surface area contributed by atoms with Gasteiger partial charge in [0, 0.05) is 42.6 Å². The summed E-state index contributed by atoms with van der Waals surface area (Å²) in [6.45, 7) is 1.30. The third kappa shape index (κ3) is 3.59. The fourth-order valence-electron chi connectivity index (χ4n) is 3.78. The van der Waals surface area contributed by atoms with Crippen molar-refractivity contribution in [2.75, 3.05) is 13.3 Å².